The van der Waals surface area contributed by atoms with Gasteiger partial charge in [0.1, 0.15) is 0 Å². The summed E-state index contributed by atoms with van der Waals surface area (Å²) < 4.78 is 1.91. The molecule has 0 saturated heterocycles. The smallest absolute Gasteiger partial charge is 0.0554 e. The van der Waals surface area contributed by atoms with Crippen LogP contribution in [0.25, 0.3) is 0 Å². The third kappa shape index (κ3) is 2.91. The lowest BCUT2D eigenvalue weighted by molar-refractivity contribution is 0.503. The molecule has 4 heteroatoms. The lowest BCUT2D eigenvalue weighted by atomic mass is 10.1. The maximum atomic E-state index is 4.37. The summed E-state index contributed by atoms with van der Waals surface area (Å²) in [6, 6.07) is 8.34. The van der Waals surface area contributed by atoms with Gasteiger partial charge in [0.15, 0.2) is 0 Å². The molecule has 0 radical (unpaired) electrons. The molecule has 90 valence electrons. The number of hydrogen-bond acceptors (Lipinski definition) is 3. The maximum absolute atomic E-state index is 4.37. The molecule has 2 heterocycles. The first-order chi connectivity index (χ1) is 8.31. The van der Waals surface area contributed by atoms with E-state index in [1.54, 1.807) is 0 Å². The molecule has 4 nitrogen and oxygen atoms in total. The highest BCUT2D eigenvalue weighted by atomic mass is 15.3. The Balaban J connectivity index is 2.16. The van der Waals surface area contributed by atoms with E-state index >= 15 is 0 Å². The van der Waals surface area contributed by atoms with Gasteiger partial charge in [0, 0.05) is 31.6 Å². The molecule has 0 aliphatic rings. The summed E-state index contributed by atoms with van der Waals surface area (Å²) in [6.07, 6.45) is 4.55. The van der Waals surface area contributed by atoms with Gasteiger partial charge in [-0.15, -0.1) is 0 Å². The highest BCUT2D eigenvalue weighted by Crippen LogP contribution is 2.16. The van der Waals surface area contributed by atoms with Crippen LogP contribution in [0.4, 0.5) is 0 Å². The number of likely N-dealkylation sites (N-methyl/N-ethyl adjacent to an activating group) is 1. The Morgan fingerprint density at radius 3 is 2.76 bits per heavy atom. The minimum absolute atomic E-state index is 0.266. The van der Waals surface area contributed by atoms with Crippen molar-refractivity contribution in [1.29, 1.82) is 0 Å². The number of nitrogens with zero attached hydrogens (tertiary/aromatic N) is 3. The molecule has 0 bridgehead atoms. The first-order valence-corrected chi connectivity index (χ1v) is 5.92. The summed E-state index contributed by atoms with van der Waals surface area (Å²) >= 11 is 0. The summed E-state index contributed by atoms with van der Waals surface area (Å²) in [5.74, 6) is 0. The predicted octanol–water partition coefficient (Wildman–Crippen LogP) is 1.71. The van der Waals surface area contributed by atoms with Gasteiger partial charge in [-0.1, -0.05) is 13.0 Å². The van der Waals surface area contributed by atoms with E-state index in [4.69, 9.17) is 0 Å². The van der Waals surface area contributed by atoms with Crippen molar-refractivity contribution < 1.29 is 0 Å². The largest absolute Gasteiger partial charge is 0.309 e. The predicted molar refractivity (Wildman–Crippen MR) is 67.6 cm³/mol. The number of aromatic nitrogens is 3. The topological polar surface area (TPSA) is 42.7 Å². The highest BCUT2D eigenvalue weighted by molar-refractivity contribution is 5.13. The Bertz CT molecular complexity index is 449. The lowest BCUT2D eigenvalue weighted by Gasteiger charge is -2.17. The molecule has 0 fully saturated rings. The van der Waals surface area contributed by atoms with E-state index in [0.717, 1.165) is 18.7 Å². The Morgan fingerprint density at radius 1 is 1.29 bits per heavy atom. The molecular weight excluding hydrogens is 212 g/mol. The fraction of sp³-hybridized carbons (Fsp3) is 0.385. The number of rotatable bonds is 5. The molecule has 1 atom stereocenters. The summed E-state index contributed by atoms with van der Waals surface area (Å²) in [4.78, 5) is 4.37. The van der Waals surface area contributed by atoms with Crippen molar-refractivity contribution in [3.05, 3.63) is 48.0 Å². The van der Waals surface area contributed by atoms with E-state index in [2.05, 4.69) is 34.5 Å². The second kappa shape index (κ2) is 5.59. The van der Waals surface area contributed by atoms with Crippen molar-refractivity contribution in [2.75, 3.05) is 6.54 Å². The van der Waals surface area contributed by atoms with Crippen molar-refractivity contribution in [2.24, 2.45) is 7.05 Å². The monoisotopic (exact) mass is 230 g/mol. The SMILES string of the molecule is CCNC(Cc1ccccn1)c1ccnn1C. The molecule has 1 unspecified atom stereocenters. The van der Waals surface area contributed by atoms with Crippen molar-refractivity contribution in [2.45, 2.75) is 19.4 Å². The Hall–Kier alpha value is -1.68. The van der Waals surface area contributed by atoms with Crippen LogP contribution in [0, 0.1) is 0 Å². The first kappa shape index (κ1) is 11.8. The van der Waals surface area contributed by atoms with Gasteiger partial charge in [0.25, 0.3) is 0 Å². The molecule has 2 aromatic heterocycles. The summed E-state index contributed by atoms with van der Waals surface area (Å²) in [5.41, 5.74) is 2.29. The summed E-state index contributed by atoms with van der Waals surface area (Å²) in [7, 11) is 1.97. The van der Waals surface area contributed by atoms with Gasteiger partial charge in [-0.25, -0.2) is 0 Å². The number of nitrogens with one attached hydrogen (secondary N) is 1. The van der Waals surface area contributed by atoms with E-state index in [-0.39, 0.29) is 6.04 Å². The van der Waals surface area contributed by atoms with Crippen LogP contribution in [0.3, 0.4) is 0 Å². The molecule has 0 amide bonds. The molecule has 0 aliphatic heterocycles. The molecule has 2 rings (SSSR count). The highest BCUT2D eigenvalue weighted by Gasteiger charge is 2.14. The van der Waals surface area contributed by atoms with Gasteiger partial charge in [-0.05, 0) is 24.7 Å². The van der Waals surface area contributed by atoms with E-state index in [1.165, 1.54) is 5.69 Å². The van der Waals surface area contributed by atoms with E-state index in [1.807, 2.05) is 36.3 Å². The third-order valence-electron chi connectivity index (χ3n) is 2.81. The quantitative estimate of drug-likeness (QED) is 0.850. The minimum Gasteiger partial charge on any atom is -0.309 e. The van der Waals surface area contributed by atoms with E-state index in [9.17, 15) is 0 Å². The Morgan fingerprint density at radius 2 is 2.18 bits per heavy atom. The second-order valence-electron chi connectivity index (χ2n) is 4.02. The minimum atomic E-state index is 0.266. The first-order valence-electron chi connectivity index (χ1n) is 5.92. The van der Waals surface area contributed by atoms with Gasteiger partial charge < -0.3 is 5.32 Å². The van der Waals surface area contributed by atoms with Crippen LogP contribution in [-0.4, -0.2) is 21.3 Å². The van der Waals surface area contributed by atoms with Gasteiger partial charge >= 0.3 is 0 Å². The van der Waals surface area contributed by atoms with Crippen LogP contribution in [0.15, 0.2) is 36.7 Å². The maximum Gasteiger partial charge on any atom is 0.0554 e. The van der Waals surface area contributed by atoms with Crippen LogP contribution in [0.5, 0.6) is 0 Å². The molecule has 2 aromatic rings. The summed E-state index contributed by atoms with van der Waals surface area (Å²) in [6.45, 7) is 3.05. The van der Waals surface area contributed by atoms with Gasteiger partial charge in [0.05, 0.1) is 11.7 Å². The van der Waals surface area contributed by atoms with Crippen molar-refractivity contribution in [3.8, 4) is 0 Å². The van der Waals surface area contributed by atoms with Crippen molar-refractivity contribution >= 4 is 0 Å². The second-order valence-corrected chi connectivity index (χ2v) is 4.02. The third-order valence-corrected chi connectivity index (χ3v) is 2.81. The van der Waals surface area contributed by atoms with Crippen LogP contribution < -0.4 is 5.32 Å². The van der Waals surface area contributed by atoms with Gasteiger partial charge in [-0.2, -0.15) is 5.10 Å². The fourth-order valence-corrected chi connectivity index (χ4v) is 1.98. The fourth-order valence-electron chi connectivity index (χ4n) is 1.98. The Kier molecular flexibility index (Phi) is 3.88. The number of hydrogen-bond donors (Lipinski definition) is 1. The van der Waals surface area contributed by atoms with Crippen LogP contribution in [0.2, 0.25) is 0 Å². The van der Waals surface area contributed by atoms with Crippen molar-refractivity contribution in [3.63, 3.8) is 0 Å². The van der Waals surface area contributed by atoms with E-state index < -0.39 is 0 Å². The average molecular weight is 230 g/mol. The zero-order valence-electron chi connectivity index (χ0n) is 10.3. The van der Waals surface area contributed by atoms with Crippen LogP contribution in [0.1, 0.15) is 24.4 Å². The molecule has 0 spiro atoms. The van der Waals surface area contributed by atoms with Gasteiger partial charge in [-0.3, -0.25) is 9.67 Å². The molecule has 17 heavy (non-hydrogen) atoms. The average Bonchev–Trinajstić information content (AvgIpc) is 2.76. The molecular formula is C13H18N4. The zero-order chi connectivity index (χ0) is 12.1. The van der Waals surface area contributed by atoms with E-state index in [0.29, 0.717) is 0 Å². The molecule has 0 saturated carbocycles. The zero-order valence-corrected chi connectivity index (χ0v) is 10.3. The van der Waals surface area contributed by atoms with Crippen molar-refractivity contribution in [1.82, 2.24) is 20.1 Å². The van der Waals surface area contributed by atoms with Crippen LogP contribution in [-0.2, 0) is 13.5 Å². The standard InChI is InChI=1S/C13H18N4/c1-3-14-12(13-7-9-16-17(13)2)10-11-6-4-5-8-15-11/h4-9,12,14H,3,10H2,1-2H3. The molecule has 0 aromatic carbocycles. The number of aryl methyl sites for hydroxylation is 1. The lowest BCUT2D eigenvalue weighted by Crippen LogP contribution is -2.25. The number of pyridine rings is 1. The van der Waals surface area contributed by atoms with Gasteiger partial charge in [0.2, 0.25) is 0 Å². The Labute approximate surface area is 102 Å². The van der Waals surface area contributed by atoms with Crippen LogP contribution >= 0.6 is 0 Å². The molecule has 0 aliphatic carbocycles. The molecule has 1 N–H and O–H groups in total. The summed E-state index contributed by atoms with van der Waals surface area (Å²) in [5, 5.41) is 7.69. The normalized spacial score (nSPS) is 12.6.